The normalized spacial score (nSPS) is 27.2. The van der Waals surface area contributed by atoms with Crippen LogP contribution in [-0.2, 0) is 6.42 Å². The van der Waals surface area contributed by atoms with Crippen LogP contribution in [0.25, 0.3) is 0 Å². The van der Waals surface area contributed by atoms with Crippen molar-refractivity contribution in [2.24, 2.45) is 5.41 Å². The van der Waals surface area contributed by atoms with E-state index in [2.05, 4.69) is 41.1 Å². The van der Waals surface area contributed by atoms with Crippen molar-refractivity contribution in [3.8, 4) is 0 Å². The van der Waals surface area contributed by atoms with E-state index in [1.54, 1.807) is 11.1 Å². The Morgan fingerprint density at radius 1 is 1.27 bits per heavy atom. The summed E-state index contributed by atoms with van der Waals surface area (Å²) >= 11 is 3.71. The number of rotatable bonds is 0. The van der Waals surface area contributed by atoms with Crippen LogP contribution in [0.3, 0.4) is 0 Å². The van der Waals surface area contributed by atoms with Gasteiger partial charge in [0.15, 0.2) is 0 Å². The molecule has 1 heteroatoms. The molecule has 0 aromatic heterocycles. The molecule has 0 N–H and O–H groups in total. The van der Waals surface area contributed by atoms with Crippen molar-refractivity contribution < 1.29 is 0 Å². The van der Waals surface area contributed by atoms with E-state index < -0.39 is 0 Å². The van der Waals surface area contributed by atoms with E-state index in [1.165, 1.54) is 36.6 Å². The van der Waals surface area contributed by atoms with Crippen molar-refractivity contribution in [1.82, 2.24) is 0 Å². The lowest BCUT2D eigenvalue weighted by Crippen LogP contribution is -2.19. The molecular weight excluding hydrogens is 248 g/mol. The van der Waals surface area contributed by atoms with Crippen LogP contribution in [0.15, 0.2) is 22.7 Å². The van der Waals surface area contributed by atoms with Gasteiger partial charge in [-0.2, -0.15) is 0 Å². The predicted molar refractivity (Wildman–Crippen MR) is 67.2 cm³/mol. The number of hydrogen-bond donors (Lipinski definition) is 0. The van der Waals surface area contributed by atoms with Crippen LogP contribution in [0.5, 0.6) is 0 Å². The van der Waals surface area contributed by atoms with Gasteiger partial charge in [0.05, 0.1) is 0 Å². The Hall–Kier alpha value is -0.300. The lowest BCUT2D eigenvalue weighted by Gasteiger charge is -2.28. The largest absolute Gasteiger partial charge is 0.0608 e. The van der Waals surface area contributed by atoms with Gasteiger partial charge in [0.2, 0.25) is 0 Å². The molecule has 1 fully saturated rings. The minimum Gasteiger partial charge on any atom is -0.0608 e. The van der Waals surface area contributed by atoms with Crippen LogP contribution in [-0.4, -0.2) is 0 Å². The second-order valence-corrected chi connectivity index (χ2v) is 6.13. The SMILES string of the molecule is C[C@@H]1c2cccc(Br)c2CC12CCCC2. The van der Waals surface area contributed by atoms with E-state index in [-0.39, 0.29) is 0 Å². The van der Waals surface area contributed by atoms with Crippen molar-refractivity contribution >= 4 is 15.9 Å². The molecule has 0 saturated heterocycles. The van der Waals surface area contributed by atoms with Crippen LogP contribution in [0.2, 0.25) is 0 Å². The molecule has 1 atom stereocenters. The fourth-order valence-corrected chi connectivity index (χ4v) is 4.21. The quantitative estimate of drug-likeness (QED) is 0.639. The zero-order valence-corrected chi connectivity index (χ0v) is 10.8. The number of hydrogen-bond acceptors (Lipinski definition) is 0. The van der Waals surface area contributed by atoms with E-state index in [0.29, 0.717) is 5.41 Å². The van der Waals surface area contributed by atoms with Crippen molar-refractivity contribution in [2.45, 2.75) is 44.9 Å². The fourth-order valence-electron chi connectivity index (χ4n) is 3.69. The second-order valence-electron chi connectivity index (χ2n) is 5.28. The lowest BCUT2D eigenvalue weighted by molar-refractivity contribution is 0.266. The third-order valence-electron chi connectivity index (χ3n) is 4.67. The first-order chi connectivity index (χ1) is 7.23. The van der Waals surface area contributed by atoms with E-state index >= 15 is 0 Å². The third kappa shape index (κ3) is 1.32. The molecule has 0 bridgehead atoms. The van der Waals surface area contributed by atoms with E-state index in [1.807, 2.05) is 0 Å². The van der Waals surface area contributed by atoms with Gasteiger partial charge in [-0.05, 0) is 47.8 Å². The van der Waals surface area contributed by atoms with Crippen LogP contribution in [0, 0.1) is 5.41 Å². The fraction of sp³-hybridized carbons (Fsp3) is 0.571. The molecule has 1 aromatic rings. The maximum absolute atomic E-state index is 3.71. The maximum atomic E-state index is 3.71. The lowest BCUT2D eigenvalue weighted by atomic mass is 9.76. The van der Waals surface area contributed by atoms with Crippen molar-refractivity contribution in [2.75, 3.05) is 0 Å². The Bertz CT molecular complexity index is 388. The molecule has 0 nitrogen and oxygen atoms in total. The van der Waals surface area contributed by atoms with Crippen LogP contribution in [0.1, 0.15) is 49.7 Å². The summed E-state index contributed by atoms with van der Waals surface area (Å²) in [6.07, 6.45) is 7.07. The molecule has 15 heavy (non-hydrogen) atoms. The van der Waals surface area contributed by atoms with Gasteiger partial charge in [0.25, 0.3) is 0 Å². The first-order valence-corrected chi connectivity index (χ1v) is 6.79. The van der Waals surface area contributed by atoms with E-state index in [4.69, 9.17) is 0 Å². The smallest absolute Gasteiger partial charge is 0.0210 e. The van der Waals surface area contributed by atoms with Gasteiger partial charge in [-0.15, -0.1) is 0 Å². The van der Waals surface area contributed by atoms with Crippen molar-refractivity contribution in [1.29, 1.82) is 0 Å². The molecule has 1 saturated carbocycles. The first kappa shape index (κ1) is 9.89. The molecule has 0 amide bonds. The van der Waals surface area contributed by atoms with Crippen molar-refractivity contribution in [3.05, 3.63) is 33.8 Å². The highest BCUT2D eigenvalue weighted by molar-refractivity contribution is 9.10. The van der Waals surface area contributed by atoms with Crippen LogP contribution < -0.4 is 0 Å². The molecule has 0 unspecified atom stereocenters. The molecule has 0 radical (unpaired) electrons. The molecule has 0 heterocycles. The summed E-state index contributed by atoms with van der Waals surface area (Å²) in [5.41, 5.74) is 3.81. The molecule has 0 aliphatic heterocycles. The van der Waals surface area contributed by atoms with Gasteiger partial charge in [-0.3, -0.25) is 0 Å². The average Bonchev–Trinajstić information content (AvgIpc) is 2.79. The number of benzene rings is 1. The Labute approximate surface area is 100 Å². The third-order valence-corrected chi connectivity index (χ3v) is 5.41. The minimum absolute atomic E-state index is 0.617. The van der Waals surface area contributed by atoms with Gasteiger partial charge in [0, 0.05) is 4.47 Å². The Morgan fingerprint density at radius 2 is 2.00 bits per heavy atom. The van der Waals surface area contributed by atoms with Gasteiger partial charge in [0.1, 0.15) is 0 Å². The highest BCUT2D eigenvalue weighted by Crippen LogP contribution is 2.57. The van der Waals surface area contributed by atoms with Gasteiger partial charge < -0.3 is 0 Å². The molecule has 2 aliphatic carbocycles. The molecule has 2 aliphatic rings. The highest BCUT2D eigenvalue weighted by atomic mass is 79.9. The summed E-state index contributed by atoms with van der Waals surface area (Å²) in [6.45, 7) is 2.43. The monoisotopic (exact) mass is 264 g/mol. The highest BCUT2D eigenvalue weighted by Gasteiger charge is 2.45. The molecule has 1 aromatic carbocycles. The van der Waals surface area contributed by atoms with Crippen molar-refractivity contribution in [3.63, 3.8) is 0 Å². The summed E-state index contributed by atoms with van der Waals surface area (Å²) < 4.78 is 1.33. The molecule has 1 spiro atoms. The molecule has 3 rings (SSSR count). The molecule has 80 valence electrons. The van der Waals surface area contributed by atoms with E-state index in [0.717, 1.165) is 5.92 Å². The second kappa shape index (κ2) is 3.35. The molecular formula is C14H17Br. The zero-order valence-electron chi connectivity index (χ0n) is 9.22. The summed E-state index contributed by atoms with van der Waals surface area (Å²) in [6, 6.07) is 6.71. The van der Waals surface area contributed by atoms with Crippen LogP contribution in [0.4, 0.5) is 0 Å². The zero-order chi connectivity index (χ0) is 10.5. The summed E-state index contributed by atoms with van der Waals surface area (Å²) in [5, 5.41) is 0. The van der Waals surface area contributed by atoms with Crippen LogP contribution >= 0.6 is 15.9 Å². The standard InChI is InChI=1S/C14H17Br/c1-10-11-5-4-6-13(15)12(11)9-14(10)7-2-3-8-14/h4-6,10H,2-3,7-9H2,1H3/t10-/m1/s1. The summed E-state index contributed by atoms with van der Waals surface area (Å²) in [4.78, 5) is 0. The van der Waals surface area contributed by atoms with Gasteiger partial charge >= 0.3 is 0 Å². The van der Waals surface area contributed by atoms with E-state index in [9.17, 15) is 0 Å². The average molecular weight is 265 g/mol. The topological polar surface area (TPSA) is 0 Å². The Balaban J connectivity index is 2.08. The predicted octanol–water partition coefficient (Wildman–Crippen LogP) is 4.67. The Morgan fingerprint density at radius 3 is 2.67 bits per heavy atom. The summed E-state index contributed by atoms with van der Waals surface area (Å²) in [5.74, 6) is 0.771. The first-order valence-electron chi connectivity index (χ1n) is 6.00. The maximum Gasteiger partial charge on any atom is 0.0210 e. The number of fused-ring (bicyclic) bond motifs is 1. The Kier molecular flexibility index (Phi) is 2.21. The van der Waals surface area contributed by atoms with Gasteiger partial charge in [-0.25, -0.2) is 0 Å². The van der Waals surface area contributed by atoms with Gasteiger partial charge in [-0.1, -0.05) is 47.8 Å². The summed E-state index contributed by atoms with van der Waals surface area (Å²) in [7, 11) is 0. The minimum atomic E-state index is 0.617. The number of halogens is 1.